The molecule has 2 rings (SSSR count). The summed E-state index contributed by atoms with van der Waals surface area (Å²) in [5.41, 5.74) is 5.64. The van der Waals surface area contributed by atoms with Gasteiger partial charge in [-0.25, -0.2) is 4.98 Å². The lowest BCUT2D eigenvalue weighted by Crippen LogP contribution is -2.20. The van der Waals surface area contributed by atoms with Crippen LogP contribution in [-0.4, -0.2) is 30.7 Å². The maximum atomic E-state index is 10.6. The first-order valence-electron chi connectivity index (χ1n) is 3.83. The number of aliphatic carboxylic acids is 1. The zero-order valence-corrected chi connectivity index (χ0v) is 7.03. The van der Waals surface area contributed by atoms with E-state index in [1.807, 2.05) is 0 Å². The second-order valence-electron chi connectivity index (χ2n) is 2.70. The fraction of sp³-hybridized carbons (Fsp3) is 0.143. The van der Waals surface area contributed by atoms with Crippen molar-refractivity contribution < 1.29 is 9.90 Å². The minimum absolute atomic E-state index is 0.262. The Morgan fingerprint density at radius 1 is 1.64 bits per heavy atom. The third-order valence-corrected chi connectivity index (χ3v) is 1.76. The maximum Gasteiger partial charge on any atom is 0.326 e. The molecular weight excluding hydrogens is 186 g/mol. The van der Waals surface area contributed by atoms with E-state index in [0.717, 1.165) is 0 Å². The maximum absolute atomic E-state index is 10.6. The predicted octanol–water partition coefficient (Wildman–Crippen LogP) is -0.791. The molecule has 0 aliphatic rings. The first kappa shape index (κ1) is 8.57. The summed E-state index contributed by atoms with van der Waals surface area (Å²) in [5, 5.41) is 16.0. The van der Waals surface area contributed by atoms with E-state index >= 15 is 0 Å². The standard InChI is InChI=1S/C7H7N5O2/c8-5(6(13)14)4-3-12-2-1-9-11-7(12)10-4/h1-3,5H,8H2,(H,13,14). The van der Waals surface area contributed by atoms with E-state index < -0.39 is 12.0 Å². The molecule has 0 fully saturated rings. The average molecular weight is 193 g/mol. The zero-order valence-electron chi connectivity index (χ0n) is 7.03. The van der Waals surface area contributed by atoms with Crippen LogP contribution in [0.3, 0.4) is 0 Å². The molecule has 1 unspecified atom stereocenters. The van der Waals surface area contributed by atoms with Crippen molar-refractivity contribution >= 4 is 11.7 Å². The minimum atomic E-state index is -1.13. The molecule has 0 aliphatic heterocycles. The van der Waals surface area contributed by atoms with Gasteiger partial charge in [0.25, 0.3) is 5.78 Å². The Labute approximate surface area is 78.2 Å². The van der Waals surface area contributed by atoms with Gasteiger partial charge in [0.2, 0.25) is 0 Å². The molecule has 2 heterocycles. The lowest BCUT2D eigenvalue weighted by molar-refractivity contribution is -0.138. The van der Waals surface area contributed by atoms with Crippen LogP contribution < -0.4 is 5.73 Å². The lowest BCUT2D eigenvalue weighted by atomic mass is 10.2. The number of hydrogen-bond donors (Lipinski definition) is 2. The predicted molar refractivity (Wildman–Crippen MR) is 45.3 cm³/mol. The van der Waals surface area contributed by atoms with Crippen LogP contribution in [0.5, 0.6) is 0 Å². The number of carboxylic acid groups (broad SMARTS) is 1. The second kappa shape index (κ2) is 3.04. The van der Waals surface area contributed by atoms with E-state index in [2.05, 4.69) is 15.2 Å². The average Bonchev–Trinajstić information content (AvgIpc) is 2.59. The van der Waals surface area contributed by atoms with Gasteiger partial charge in [-0.3, -0.25) is 9.20 Å². The molecule has 2 aromatic rings. The molecule has 0 saturated heterocycles. The normalized spacial score (nSPS) is 12.9. The first-order chi connectivity index (χ1) is 6.68. The van der Waals surface area contributed by atoms with Crippen LogP contribution in [0.25, 0.3) is 5.78 Å². The molecule has 7 heteroatoms. The molecule has 0 saturated carbocycles. The van der Waals surface area contributed by atoms with Gasteiger partial charge in [0.15, 0.2) is 0 Å². The highest BCUT2D eigenvalue weighted by atomic mass is 16.4. The van der Waals surface area contributed by atoms with Crippen molar-refractivity contribution in [1.82, 2.24) is 19.6 Å². The van der Waals surface area contributed by atoms with Gasteiger partial charge >= 0.3 is 5.97 Å². The number of nitrogens with zero attached hydrogens (tertiary/aromatic N) is 4. The van der Waals surface area contributed by atoms with Gasteiger partial charge < -0.3 is 10.8 Å². The summed E-state index contributed by atoms with van der Waals surface area (Å²) in [4.78, 5) is 14.5. The fourth-order valence-corrected chi connectivity index (χ4v) is 1.05. The van der Waals surface area contributed by atoms with Gasteiger partial charge in [0.1, 0.15) is 6.04 Å². The number of carboxylic acids is 1. The van der Waals surface area contributed by atoms with E-state index in [1.54, 1.807) is 10.6 Å². The molecule has 0 radical (unpaired) electrons. The third-order valence-electron chi connectivity index (χ3n) is 1.76. The smallest absolute Gasteiger partial charge is 0.326 e. The molecule has 0 bridgehead atoms. The summed E-state index contributed by atoms with van der Waals surface area (Å²) in [6, 6.07) is -1.13. The van der Waals surface area contributed by atoms with Crippen LogP contribution >= 0.6 is 0 Å². The zero-order chi connectivity index (χ0) is 10.1. The minimum Gasteiger partial charge on any atom is -0.480 e. The van der Waals surface area contributed by atoms with E-state index in [4.69, 9.17) is 10.8 Å². The Hall–Kier alpha value is -2.02. The van der Waals surface area contributed by atoms with Gasteiger partial charge in [0, 0.05) is 12.4 Å². The summed E-state index contributed by atoms with van der Waals surface area (Å²) in [6.45, 7) is 0. The summed E-state index contributed by atoms with van der Waals surface area (Å²) in [7, 11) is 0. The van der Waals surface area contributed by atoms with E-state index in [-0.39, 0.29) is 5.69 Å². The molecule has 0 aliphatic carbocycles. The SMILES string of the molecule is NC(C(=O)O)c1cn2ccnnc2n1. The highest BCUT2D eigenvalue weighted by molar-refractivity contribution is 5.74. The highest BCUT2D eigenvalue weighted by Crippen LogP contribution is 2.08. The topological polar surface area (TPSA) is 106 Å². The Morgan fingerprint density at radius 3 is 3.07 bits per heavy atom. The molecule has 0 aromatic carbocycles. The number of fused-ring (bicyclic) bond motifs is 1. The van der Waals surface area contributed by atoms with Gasteiger partial charge in [-0.1, -0.05) is 0 Å². The first-order valence-corrected chi connectivity index (χ1v) is 3.83. The van der Waals surface area contributed by atoms with Crippen LogP contribution in [0.1, 0.15) is 11.7 Å². The highest BCUT2D eigenvalue weighted by Gasteiger charge is 2.17. The monoisotopic (exact) mass is 193 g/mol. The Kier molecular flexibility index (Phi) is 1.86. The molecule has 2 aromatic heterocycles. The van der Waals surface area contributed by atoms with Crippen LogP contribution in [0.2, 0.25) is 0 Å². The van der Waals surface area contributed by atoms with Crippen molar-refractivity contribution in [3.8, 4) is 0 Å². The Morgan fingerprint density at radius 2 is 2.43 bits per heavy atom. The number of nitrogens with two attached hydrogens (primary N) is 1. The quantitative estimate of drug-likeness (QED) is 0.647. The van der Waals surface area contributed by atoms with Gasteiger partial charge in [-0.15, -0.1) is 5.10 Å². The van der Waals surface area contributed by atoms with Crippen LogP contribution in [0.15, 0.2) is 18.6 Å². The number of hydrogen-bond acceptors (Lipinski definition) is 5. The lowest BCUT2D eigenvalue weighted by Gasteiger charge is -1.99. The number of aromatic nitrogens is 4. The van der Waals surface area contributed by atoms with Crippen molar-refractivity contribution in [3.63, 3.8) is 0 Å². The number of carbonyl (C=O) groups is 1. The molecular formula is C7H7N5O2. The van der Waals surface area contributed by atoms with Crippen LogP contribution in [0, 0.1) is 0 Å². The number of rotatable bonds is 2. The second-order valence-corrected chi connectivity index (χ2v) is 2.70. The molecule has 14 heavy (non-hydrogen) atoms. The Bertz CT molecular complexity index is 447. The molecule has 0 amide bonds. The van der Waals surface area contributed by atoms with E-state index in [1.165, 1.54) is 12.4 Å². The van der Waals surface area contributed by atoms with E-state index in [0.29, 0.717) is 5.78 Å². The molecule has 3 N–H and O–H groups in total. The van der Waals surface area contributed by atoms with Crippen molar-refractivity contribution in [2.75, 3.05) is 0 Å². The molecule has 0 spiro atoms. The molecule has 7 nitrogen and oxygen atoms in total. The van der Waals surface area contributed by atoms with E-state index in [9.17, 15) is 4.79 Å². The van der Waals surface area contributed by atoms with Crippen molar-refractivity contribution in [2.24, 2.45) is 5.73 Å². The summed E-state index contributed by atoms with van der Waals surface area (Å²) in [5.74, 6) is -0.791. The largest absolute Gasteiger partial charge is 0.480 e. The van der Waals surface area contributed by atoms with Crippen molar-refractivity contribution in [1.29, 1.82) is 0 Å². The van der Waals surface area contributed by atoms with Gasteiger partial charge in [-0.2, -0.15) is 5.10 Å². The number of imidazole rings is 1. The fourth-order valence-electron chi connectivity index (χ4n) is 1.05. The molecule has 1 atom stereocenters. The van der Waals surface area contributed by atoms with Crippen LogP contribution in [-0.2, 0) is 4.79 Å². The van der Waals surface area contributed by atoms with Gasteiger partial charge in [-0.05, 0) is 0 Å². The van der Waals surface area contributed by atoms with Crippen molar-refractivity contribution in [2.45, 2.75) is 6.04 Å². The summed E-state index contributed by atoms with van der Waals surface area (Å²) < 4.78 is 1.56. The third kappa shape index (κ3) is 1.29. The summed E-state index contributed by atoms with van der Waals surface area (Å²) in [6.07, 6.45) is 4.61. The summed E-state index contributed by atoms with van der Waals surface area (Å²) >= 11 is 0. The molecule has 72 valence electrons. The van der Waals surface area contributed by atoms with Crippen LogP contribution in [0.4, 0.5) is 0 Å². The van der Waals surface area contributed by atoms with Gasteiger partial charge in [0.05, 0.1) is 11.9 Å². The van der Waals surface area contributed by atoms with Crippen molar-refractivity contribution in [3.05, 3.63) is 24.3 Å². The Balaban J connectivity index is 2.50.